The zero-order chi connectivity index (χ0) is 42.0. The Kier molecular flexibility index (Phi) is 15.5. The topological polar surface area (TPSA) is 36.9 Å². The van der Waals surface area contributed by atoms with E-state index in [9.17, 15) is 0 Å². The van der Waals surface area contributed by atoms with Gasteiger partial charge in [-0.05, 0) is 95.0 Å². The largest absolute Gasteiger partial charge is 0.407 e. The summed E-state index contributed by atoms with van der Waals surface area (Å²) in [6, 6.07) is 44.4. The molecule has 2 aliphatic rings. The first-order valence-electron chi connectivity index (χ1n) is 22.8. The highest BCUT2D eigenvalue weighted by Gasteiger charge is 2.53. The maximum atomic E-state index is 7.99. The summed E-state index contributed by atoms with van der Waals surface area (Å²) in [7, 11) is -5.39. The minimum Gasteiger partial charge on any atom is -0.407 e. The predicted octanol–water partition coefficient (Wildman–Crippen LogP) is 11.4. The first-order chi connectivity index (χ1) is 28.3. The van der Waals surface area contributed by atoms with Gasteiger partial charge in [0.05, 0.1) is 13.2 Å². The van der Waals surface area contributed by atoms with Gasteiger partial charge in [0, 0.05) is 25.0 Å². The van der Waals surface area contributed by atoms with Crippen LogP contribution in [0.1, 0.15) is 120 Å². The molecule has 3 unspecified atom stereocenters. The summed E-state index contributed by atoms with van der Waals surface area (Å²) in [5, 5.41) is 5.22. The van der Waals surface area contributed by atoms with Crippen LogP contribution in [0.4, 0.5) is 0 Å². The summed E-state index contributed by atoms with van der Waals surface area (Å²) in [5.74, 6) is 0.497. The van der Waals surface area contributed by atoms with Gasteiger partial charge in [0.2, 0.25) is 0 Å². The van der Waals surface area contributed by atoms with Crippen LogP contribution in [0.15, 0.2) is 133 Å². The lowest BCUT2D eigenvalue weighted by Gasteiger charge is -2.46. The van der Waals surface area contributed by atoms with Crippen LogP contribution >= 0.6 is 0 Å². The van der Waals surface area contributed by atoms with Crippen LogP contribution in [-0.2, 0) is 18.3 Å². The van der Waals surface area contributed by atoms with E-state index in [0.717, 1.165) is 64.8 Å². The normalized spacial score (nSPS) is 18.8. The number of hydrogen-bond acceptors (Lipinski definition) is 4. The molecular formula is C53H74O4Si2. The van der Waals surface area contributed by atoms with Crippen LogP contribution in [-0.4, -0.2) is 48.3 Å². The highest BCUT2D eigenvalue weighted by Crippen LogP contribution is 2.43. The van der Waals surface area contributed by atoms with E-state index in [0.29, 0.717) is 11.8 Å². The van der Waals surface area contributed by atoms with E-state index in [1.807, 2.05) is 0 Å². The van der Waals surface area contributed by atoms with Crippen molar-refractivity contribution in [3.63, 3.8) is 0 Å². The zero-order valence-electron chi connectivity index (χ0n) is 37.7. The standard InChI is InChI=1S/C53H74O4Si2/c1-43(25-23-28-45-27-21-22-39-53(45)54-41-42-55-53)37-38-50(57-59(52(6,7)8,48-33-17-11-18-34-48)49-35-19-12-20-36-49)44(2)26-24-40-56-58(51(3,4)5,46-29-13-9-14-30-46)47-31-15-10-16-32-47/h9-20,25,29-36,44-45,50H,21-24,26-28,37-42H2,1-8H3/b43-25-. The fourth-order valence-electron chi connectivity index (χ4n) is 10.4. The third-order valence-corrected chi connectivity index (χ3v) is 23.6. The molecule has 2 fully saturated rings. The Labute approximate surface area is 360 Å². The Morgan fingerprint density at radius 1 is 0.695 bits per heavy atom. The molecule has 1 aliphatic heterocycles. The summed E-state index contributed by atoms with van der Waals surface area (Å²) in [4.78, 5) is 0. The molecule has 1 heterocycles. The molecular weight excluding hydrogens is 757 g/mol. The Bertz CT molecular complexity index is 1780. The highest BCUT2D eigenvalue weighted by atomic mass is 28.4. The van der Waals surface area contributed by atoms with E-state index in [-0.39, 0.29) is 22.0 Å². The van der Waals surface area contributed by atoms with Gasteiger partial charge in [-0.1, -0.05) is 188 Å². The van der Waals surface area contributed by atoms with Crippen LogP contribution in [0.25, 0.3) is 0 Å². The van der Waals surface area contributed by atoms with Crippen molar-refractivity contribution < 1.29 is 18.3 Å². The van der Waals surface area contributed by atoms with E-state index in [4.69, 9.17) is 18.3 Å². The van der Waals surface area contributed by atoms with Gasteiger partial charge in [0.25, 0.3) is 16.6 Å². The van der Waals surface area contributed by atoms with Crippen molar-refractivity contribution in [1.29, 1.82) is 0 Å². The molecule has 0 bridgehead atoms. The Morgan fingerprint density at radius 3 is 1.64 bits per heavy atom. The maximum Gasteiger partial charge on any atom is 0.261 e. The Morgan fingerprint density at radius 2 is 1.17 bits per heavy atom. The fraction of sp³-hybridized carbons (Fsp3) is 0.509. The van der Waals surface area contributed by atoms with E-state index in [2.05, 4.69) is 183 Å². The quantitative estimate of drug-likeness (QED) is 0.0569. The molecule has 1 saturated heterocycles. The van der Waals surface area contributed by atoms with Gasteiger partial charge >= 0.3 is 0 Å². The molecule has 6 rings (SSSR count). The van der Waals surface area contributed by atoms with Crippen molar-refractivity contribution in [2.45, 2.75) is 142 Å². The van der Waals surface area contributed by atoms with Gasteiger partial charge in [0.15, 0.2) is 5.79 Å². The SMILES string of the molecule is C/C(=C/CCC1CCCCC12OCCO2)CCC(O[Si](c1ccccc1)(c1ccccc1)C(C)(C)C)C(C)CCCO[Si](c1ccccc1)(c1ccccc1)C(C)(C)C. The van der Waals surface area contributed by atoms with Crippen molar-refractivity contribution >= 4 is 37.4 Å². The molecule has 1 aliphatic carbocycles. The molecule has 0 aromatic heterocycles. The Balaban J connectivity index is 1.24. The van der Waals surface area contributed by atoms with Crippen molar-refractivity contribution in [1.82, 2.24) is 0 Å². The fourth-order valence-corrected chi connectivity index (χ4v) is 19.8. The summed E-state index contributed by atoms with van der Waals surface area (Å²) >= 11 is 0. The van der Waals surface area contributed by atoms with E-state index in [1.165, 1.54) is 45.6 Å². The lowest BCUT2D eigenvalue weighted by molar-refractivity contribution is -0.213. The van der Waals surface area contributed by atoms with E-state index >= 15 is 0 Å². The van der Waals surface area contributed by atoms with Gasteiger partial charge in [-0.2, -0.15) is 0 Å². The third-order valence-electron chi connectivity index (χ3n) is 13.5. The first kappa shape index (κ1) is 45.4. The van der Waals surface area contributed by atoms with Gasteiger partial charge in [-0.3, -0.25) is 0 Å². The second kappa shape index (κ2) is 20.2. The summed E-state index contributed by atoms with van der Waals surface area (Å²) < 4.78 is 27.9. The van der Waals surface area contributed by atoms with Crippen LogP contribution in [0.2, 0.25) is 10.1 Å². The van der Waals surface area contributed by atoms with Crippen LogP contribution in [0.3, 0.4) is 0 Å². The smallest absolute Gasteiger partial charge is 0.261 e. The molecule has 4 aromatic carbocycles. The highest BCUT2D eigenvalue weighted by molar-refractivity contribution is 7.00. The lowest BCUT2D eigenvalue weighted by Crippen LogP contribution is -2.68. The Hall–Kier alpha value is -3.11. The molecule has 3 atom stereocenters. The van der Waals surface area contributed by atoms with Crippen molar-refractivity contribution in [3.8, 4) is 0 Å². The summed E-state index contributed by atoms with van der Waals surface area (Å²) in [6.07, 6.45) is 13.5. The number of ether oxygens (including phenoxy) is 2. The molecule has 318 valence electrons. The van der Waals surface area contributed by atoms with Crippen LogP contribution < -0.4 is 20.7 Å². The minimum absolute atomic E-state index is 0.0468. The molecule has 6 heteroatoms. The lowest BCUT2D eigenvalue weighted by atomic mass is 9.80. The molecule has 4 aromatic rings. The van der Waals surface area contributed by atoms with Crippen molar-refractivity contribution in [2.75, 3.05) is 19.8 Å². The first-order valence-corrected chi connectivity index (χ1v) is 26.6. The predicted molar refractivity (Wildman–Crippen MR) is 253 cm³/mol. The molecule has 0 amide bonds. The van der Waals surface area contributed by atoms with Gasteiger partial charge in [-0.15, -0.1) is 0 Å². The molecule has 59 heavy (non-hydrogen) atoms. The molecule has 0 radical (unpaired) electrons. The monoisotopic (exact) mass is 831 g/mol. The van der Waals surface area contributed by atoms with Crippen molar-refractivity contribution in [2.24, 2.45) is 11.8 Å². The average Bonchev–Trinajstić information content (AvgIpc) is 3.70. The summed E-state index contributed by atoms with van der Waals surface area (Å²) in [6.45, 7) is 21.3. The number of rotatable bonds is 18. The second-order valence-electron chi connectivity index (χ2n) is 19.6. The number of hydrogen-bond donors (Lipinski definition) is 0. The molecule has 1 spiro atoms. The molecule has 1 saturated carbocycles. The summed E-state index contributed by atoms with van der Waals surface area (Å²) in [5.41, 5.74) is 1.46. The average molecular weight is 831 g/mol. The molecule has 0 N–H and O–H groups in total. The number of benzene rings is 4. The van der Waals surface area contributed by atoms with E-state index < -0.39 is 16.6 Å². The third kappa shape index (κ3) is 10.3. The zero-order valence-corrected chi connectivity index (χ0v) is 39.7. The molecule has 4 nitrogen and oxygen atoms in total. The van der Waals surface area contributed by atoms with Gasteiger partial charge in [-0.25, -0.2) is 0 Å². The van der Waals surface area contributed by atoms with Crippen LogP contribution in [0, 0.1) is 11.8 Å². The van der Waals surface area contributed by atoms with Crippen LogP contribution in [0.5, 0.6) is 0 Å². The van der Waals surface area contributed by atoms with Gasteiger partial charge in [0.1, 0.15) is 0 Å². The van der Waals surface area contributed by atoms with Crippen molar-refractivity contribution in [3.05, 3.63) is 133 Å². The maximum absolute atomic E-state index is 7.99. The van der Waals surface area contributed by atoms with Gasteiger partial charge < -0.3 is 18.3 Å². The minimum atomic E-state index is -2.78. The second-order valence-corrected chi connectivity index (χ2v) is 28.1. The van der Waals surface area contributed by atoms with E-state index in [1.54, 1.807) is 0 Å². The number of allylic oxidation sites excluding steroid dienone is 2.